The minimum Gasteiger partial charge on any atom is -0.481 e. The molecule has 7 N–H and O–H groups in total. The van der Waals surface area contributed by atoms with Crippen LogP contribution in [-0.4, -0.2) is 201 Å². The first-order valence-corrected chi connectivity index (χ1v) is 22.5. The number of carboxylic acid groups (broad SMARTS) is 5. The first kappa shape index (κ1) is 55.4. The summed E-state index contributed by atoms with van der Waals surface area (Å²) >= 11 is 2.18. The number of carboxylic acids is 5. The van der Waals surface area contributed by atoms with Crippen LogP contribution in [0, 0.1) is 3.57 Å². The molecule has 0 aliphatic carbocycles. The van der Waals surface area contributed by atoms with E-state index in [1.54, 1.807) is 19.6 Å². The molecule has 1 aromatic carbocycles. The number of amides is 3. The number of nitrogens with zero attached hydrogens (tertiary/aromatic N) is 5. The minimum absolute atomic E-state index is 0.0359. The number of Topliss-reactive ketones (excluding diaryl/α,β-unsaturated/α-hetero) is 2. The van der Waals surface area contributed by atoms with Gasteiger partial charge in [-0.2, -0.15) is 0 Å². The van der Waals surface area contributed by atoms with Crippen molar-refractivity contribution in [2.24, 2.45) is 0 Å². The van der Waals surface area contributed by atoms with E-state index in [0.29, 0.717) is 71.4 Å². The van der Waals surface area contributed by atoms with Crippen molar-refractivity contribution in [3.63, 3.8) is 0 Å². The Labute approximate surface area is 386 Å². The molecule has 0 aromatic heterocycles. The van der Waals surface area contributed by atoms with E-state index in [1.807, 2.05) is 29.2 Å². The van der Waals surface area contributed by atoms with E-state index in [0.717, 1.165) is 9.13 Å². The van der Waals surface area contributed by atoms with Gasteiger partial charge in [0.2, 0.25) is 5.91 Å². The molecule has 64 heavy (non-hydrogen) atoms. The van der Waals surface area contributed by atoms with Crippen LogP contribution in [0.25, 0.3) is 0 Å². The average Bonchev–Trinajstić information content (AvgIpc) is 3.20. The van der Waals surface area contributed by atoms with Gasteiger partial charge in [0.1, 0.15) is 11.8 Å². The second kappa shape index (κ2) is 30.4. The number of hydrogen-bond donors (Lipinski definition) is 7. The van der Waals surface area contributed by atoms with E-state index < -0.39 is 53.7 Å². The van der Waals surface area contributed by atoms with E-state index in [4.69, 9.17) is 5.11 Å². The predicted molar refractivity (Wildman–Crippen MR) is 240 cm³/mol. The molecule has 1 fully saturated rings. The number of benzene rings is 1. The molecule has 1 aliphatic rings. The molecule has 1 aromatic rings. The number of halogens is 1. The van der Waals surface area contributed by atoms with Gasteiger partial charge in [-0.05, 0) is 85.7 Å². The summed E-state index contributed by atoms with van der Waals surface area (Å²) in [4.78, 5) is 117. The molecule has 21 nitrogen and oxygen atoms in total. The molecule has 358 valence electrons. The summed E-state index contributed by atoms with van der Waals surface area (Å²) in [5.41, 5.74) is 0.906. The van der Waals surface area contributed by atoms with Crippen LogP contribution in [0.15, 0.2) is 24.3 Å². The van der Waals surface area contributed by atoms with Gasteiger partial charge in [-0.25, -0.2) is 9.59 Å². The highest BCUT2D eigenvalue weighted by atomic mass is 127. The van der Waals surface area contributed by atoms with Gasteiger partial charge >= 0.3 is 35.9 Å². The number of ketones is 2. The van der Waals surface area contributed by atoms with Crippen LogP contribution in [0.4, 0.5) is 4.79 Å². The number of urea groups is 1. The summed E-state index contributed by atoms with van der Waals surface area (Å²) in [7, 11) is 0. The molecule has 1 saturated heterocycles. The molecular formula is C42H64IN7O14. The largest absolute Gasteiger partial charge is 0.481 e. The molecule has 0 bridgehead atoms. The van der Waals surface area contributed by atoms with Gasteiger partial charge in [0.05, 0.1) is 32.2 Å². The Morgan fingerprint density at radius 3 is 1.50 bits per heavy atom. The third-order valence-corrected chi connectivity index (χ3v) is 11.3. The van der Waals surface area contributed by atoms with E-state index in [-0.39, 0.29) is 96.2 Å². The molecule has 3 amide bonds. The van der Waals surface area contributed by atoms with Crippen LogP contribution in [0.3, 0.4) is 0 Å². The summed E-state index contributed by atoms with van der Waals surface area (Å²) in [5, 5.41) is 51.7. The third kappa shape index (κ3) is 24.9. The lowest BCUT2D eigenvalue weighted by Gasteiger charge is -2.32. The normalized spacial score (nSPS) is 15.7. The Hall–Kier alpha value is -4.78. The zero-order valence-corrected chi connectivity index (χ0v) is 38.6. The summed E-state index contributed by atoms with van der Waals surface area (Å²) in [6.07, 6.45) is 2.38. The minimum atomic E-state index is -1.29. The standard InChI is InChI=1S/C42H64IN7O14/c1-30(51)34(14-15-37(54)55)44-42(64)45-35(41(62)63)8-5-6-16-50(25-31-10-12-32(43)13-11-31)36(53)9-4-2-3-7-33(52)26-46-17-19-47(27-38(56)57)21-23-49(29-40(60)61)24-22-48(20-18-46)28-39(58)59/h10-13,34-35H,2-9,14-29H2,1H3,(H,54,55)(H,56,57)(H,58,59)(H,60,61)(H,62,63)(H2,44,45,64)/t34-,35-/m0/s1. The number of aliphatic carboxylic acids is 5. The second-order valence-corrected chi connectivity index (χ2v) is 17.2. The summed E-state index contributed by atoms with van der Waals surface area (Å²) in [6.45, 7) is 3.47. The fourth-order valence-electron chi connectivity index (χ4n) is 7.06. The SMILES string of the molecule is CC(=O)[C@H](CCC(=O)O)NC(=O)N[C@@H](CCCCN(Cc1ccc(I)cc1)C(=O)CCCCCC(=O)CN1CCN(CC(=O)O)CCN(CC(=O)O)CCN(CC(=O)O)CC1)C(=O)O. The molecule has 2 rings (SSSR count). The van der Waals surface area contributed by atoms with Crippen molar-refractivity contribution >= 4 is 75.9 Å². The lowest BCUT2D eigenvalue weighted by Crippen LogP contribution is -2.50. The quantitative estimate of drug-likeness (QED) is 0.0461. The Bertz CT molecular complexity index is 1690. The monoisotopic (exact) mass is 1020 g/mol. The zero-order chi connectivity index (χ0) is 47.6. The highest BCUT2D eigenvalue weighted by Crippen LogP contribution is 2.15. The maximum atomic E-state index is 13.5. The van der Waals surface area contributed by atoms with Crippen LogP contribution in [0.1, 0.15) is 76.7 Å². The van der Waals surface area contributed by atoms with Crippen molar-refractivity contribution < 1.29 is 68.7 Å². The van der Waals surface area contributed by atoms with Crippen LogP contribution in [0.5, 0.6) is 0 Å². The topological polar surface area (TPSA) is 295 Å². The number of nitrogens with one attached hydrogen (secondary N) is 2. The van der Waals surface area contributed by atoms with Crippen LogP contribution < -0.4 is 10.6 Å². The van der Waals surface area contributed by atoms with Gasteiger partial charge < -0.3 is 41.1 Å². The molecule has 1 heterocycles. The number of unbranched alkanes of at least 4 members (excludes halogenated alkanes) is 3. The molecule has 1 aliphatic heterocycles. The van der Waals surface area contributed by atoms with Gasteiger partial charge in [0, 0.05) is 88.3 Å². The van der Waals surface area contributed by atoms with Crippen LogP contribution >= 0.6 is 22.6 Å². The van der Waals surface area contributed by atoms with E-state index in [2.05, 4.69) is 33.2 Å². The predicted octanol–water partition coefficient (Wildman–Crippen LogP) is 1.36. The van der Waals surface area contributed by atoms with Crippen LogP contribution in [-0.2, 0) is 44.9 Å². The molecule has 0 saturated carbocycles. The average molecular weight is 1020 g/mol. The van der Waals surface area contributed by atoms with Gasteiger partial charge in [-0.15, -0.1) is 0 Å². The van der Waals surface area contributed by atoms with E-state index in [9.17, 15) is 63.6 Å². The fourth-order valence-corrected chi connectivity index (χ4v) is 7.42. The van der Waals surface area contributed by atoms with Crippen molar-refractivity contribution in [3.05, 3.63) is 33.4 Å². The first-order valence-electron chi connectivity index (χ1n) is 21.4. The maximum Gasteiger partial charge on any atom is 0.326 e. The fraction of sp³-hybridized carbons (Fsp3) is 0.643. The summed E-state index contributed by atoms with van der Waals surface area (Å²) in [6, 6.07) is 4.40. The van der Waals surface area contributed by atoms with Gasteiger partial charge in [-0.1, -0.05) is 18.6 Å². The Kier molecular flexibility index (Phi) is 26.3. The van der Waals surface area contributed by atoms with Crippen molar-refractivity contribution in [2.75, 3.05) is 85.1 Å². The van der Waals surface area contributed by atoms with Gasteiger partial charge in [0.15, 0.2) is 5.78 Å². The molecule has 0 unspecified atom stereocenters. The molecule has 0 radical (unpaired) electrons. The number of hydrogen-bond acceptors (Lipinski definition) is 13. The highest BCUT2D eigenvalue weighted by Gasteiger charge is 2.25. The zero-order valence-electron chi connectivity index (χ0n) is 36.5. The van der Waals surface area contributed by atoms with Crippen molar-refractivity contribution in [2.45, 2.75) is 89.8 Å². The lowest BCUT2D eigenvalue weighted by molar-refractivity contribution is -0.140. The van der Waals surface area contributed by atoms with Gasteiger partial charge in [0.25, 0.3) is 0 Å². The number of carbonyl (C=O) groups is 9. The van der Waals surface area contributed by atoms with Crippen LogP contribution in [0.2, 0.25) is 0 Å². The first-order chi connectivity index (χ1) is 30.3. The Morgan fingerprint density at radius 1 is 0.578 bits per heavy atom. The van der Waals surface area contributed by atoms with Crippen molar-refractivity contribution in [1.29, 1.82) is 0 Å². The highest BCUT2D eigenvalue weighted by molar-refractivity contribution is 14.1. The number of carbonyl (C=O) groups excluding carboxylic acids is 4. The summed E-state index contributed by atoms with van der Waals surface area (Å²) < 4.78 is 1.02. The van der Waals surface area contributed by atoms with Crippen molar-refractivity contribution in [1.82, 2.24) is 35.1 Å². The summed E-state index contributed by atoms with van der Waals surface area (Å²) in [5.74, 6) is -6.19. The Morgan fingerprint density at radius 2 is 1.05 bits per heavy atom. The maximum absolute atomic E-state index is 13.5. The van der Waals surface area contributed by atoms with Crippen molar-refractivity contribution in [3.8, 4) is 0 Å². The Balaban J connectivity index is 1.96. The molecule has 2 atom stereocenters. The molecule has 22 heteroatoms. The molecular weight excluding hydrogens is 953 g/mol. The second-order valence-electron chi connectivity index (χ2n) is 15.9. The number of rotatable bonds is 28. The van der Waals surface area contributed by atoms with E-state index in [1.165, 1.54) is 6.92 Å². The molecule has 0 spiro atoms. The van der Waals surface area contributed by atoms with Gasteiger partial charge in [-0.3, -0.25) is 53.2 Å². The third-order valence-electron chi connectivity index (χ3n) is 10.6. The lowest BCUT2D eigenvalue weighted by atomic mass is 10.1. The van der Waals surface area contributed by atoms with E-state index >= 15 is 0 Å². The smallest absolute Gasteiger partial charge is 0.326 e.